The van der Waals surface area contributed by atoms with Crippen molar-refractivity contribution in [3.8, 4) is 11.1 Å². The Balaban J connectivity index is 1.84. The van der Waals surface area contributed by atoms with Crippen molar-refractivity contribution in [3.05, 3.63) is 59.7 Å². The van der Waals surface area contributed by atoms with Gasteiger partial charge in [0, 0.05) is 13.1 Å². The molecular formula is C26H36N2O4. The molecule has 0 aliphatic heterocycles. The highest BCUT2D eigenvalue weighted by molar-refractivity contribution is 5.73. The van der Waals surface area contributed by atoms with Crippen LogP contribution in [-0.2, 0) is 22.5 Å². The lowest BCUT2D eigenvalue weighted by molar-refractivity contribution is -0.139. The number of carboxylic acid groups (broad SMARTS) is 1. The van der Waals surface area contributed by atoms with Crippen molar-refractivity contribution < 1.29 is 19.4 Å². The molecule has 0 unspecified atom stereocenters. The second kappa shape index (κ2) is 12.2. The summed E-state index contributed by atoms with van der Waals surface area (Å²) in [5.41, 5.74) is 4.07. The number of carboxylic acids is 1. The van der Waals surface area contributed by atoms with E-state index in [2.05, 4.69) is 54.0 Å². The largest absolute Gasteiger partial charge is 0.480 e. The Kier molecular flexibility index (Phi) is 9.72. The van der Waals surface area contributed by atoms with E-state index in [4.69, 9.17) is 4.74 Å². The predicted octanol–water partition coefficient (Wildman–Crippen LogP) is 5.15. The van der Waals surface area contributed by atoms with E-state index >= 15 is 0 Å². The summed E-state index contributed by atoms with van der Waals surface area (Å²) in [5, 5.41) is 15.1. The maximum absolute atomic E-state index is 11.7. The zero-order chi connectivity index (χ0) is 23.6. The number of carbonyl (C=O) groups is 2. The van der Waals surface area contributed by atoms with Crippen LogP contribution >= 0.6 is 0 Å². The Morgan fingerprint density at radius 2 is 1.53 bits per heavy atom. The van der Waals surface area contributed by atoms with Gasteiger partial charge in [0.15, 0.2) is 0 Å². The quantitative estimate of drug-likeness (QED) is 0.450. The van der Waals surface area contributed by atoms with Crippen molar-refractivity contribution in [2.75, 3.05) is 6.54 Å². The summed E-state index contributed by atoms with van der Waals surface area (Å²) < 4.78 is 5.16. The van der Waals surface area contributed by atoms with E-state index < -0.39 is 23.7 Å². The van der Waals surface area contributed by atoms with Crippen molar-refractivity contribution in [1.29, 1.82) is 0 Å². The van der Waals surface area contributed by atoms with Crippen LogP contribution in [0.1, 0.15) is 58.1 Å². The summed E-state index contributed by atoms with van der Waals surface area (Å²) in [6.07, 6.45) is 3.22. The van der Waals surface area contributed by atoms with Crippen molar-refractivity contribution in [2.24, 2.45) is 0 Å². The molecule has 1 amide bonds. The van der Waals surface area contributed by atoms with Gasteiger partial charge in [0.05, 0.1) is 0 Å². The van der Waals surface area contributed by atoms with Gasteiger partial charge in [0.25, 0.3) is 0 Å². The molecule has 3 N–H and O–H groups in total. The van der Waals surface area contributed by atoms with Gasteiger partial charge in [-0.05, 0) is 62.3 Å². The van der Waals surface area contributed by atoms with Gasteiger partial charge in [-0.25, -0.2) is 4.79 Å². The van der Waals surface area contributed by atoms with Gasteiger partial charge in [-0.3, -0.25) is 4.79 Å². The second-order valence-corrected chi connectivity index (χ2v) is 8.99. The van der Waals surface area contributed by atoms with Crippen molar-refractivity contribution in [3.63, 3.8) is 0 Å². The van der Waals surface area contributed by atoms with Crippen LogP contribution in [-0.4, -0.2) is 35.4 Å². The molecule has 6 nitrogen and oxygen atoms in total. The average Bonchev–Trinajstić information content (AvgIpc) is 2.74. The highest BCUT2D eigenvalue weighted by Crippen LogP contribution is 2.21. The van der Waals surface area contributed by atoms with E-state index in [1.54, 1.807) is 20.8 Å². The Bertz CT molecular complexity index is 855. The van der Waals surface area contributed by atoms with Crippen LogP contribution in [0.4, 0.5) is 4.79 Å². The Labute approximate surface area is 191 Å². The number of aryl methyl sites for hydroxylation is 1. The molecule has 6 heteroatoms. The highest BCUT2D eigenvalue weighted by atomic mass is 16.6. The smallest absolute Gasteiger partial charge is 0.407 e. The molecule has 2 aromatic carbocycles. The minimum Gasteiger partial charge on any atom is -0.480 e. The minimum absolute atomic E-state index is 0.214. The molecule has 174 valence electrons. The van der Waals surface area contributed by atoms with Crippen LogP contribution < -0.4 is 10.6 Å². The average molecular weight is 441 g/mol. The molecule has 32 heavy (non-hydrogen) atoms. The third-order valence-electron chi connectivity index (χ3n) is 5.01. The number of nitrogens with one attached hydrogen (secondary N) is 2. The molecule has 2 aromatic rings. The predicted molar refractivity (Wildman–Crippen MR) is 128 cm³/mol. The monoisotopic (exact) mass is 440 g/mol. The number of benzene rings is 2. The van der Waals surface area contributed by atoms with Gasteiger partial charge < -0.3 is 20.5 Å². The number of ether oxygens (including phenoxy) is 1. The van der Waals surface area contributed by atoms with E-state index in [0.29, 0.717) is 6.54 Å². The Hall–Kier alpha value is -2.86. The molecule has 2 rings (SSSR count). The second-order valence-electron chi connectivity index (χ2n) is 8.99. The molecule has 0 bridgehead atoms. The third-order valence-corrected chi connectivity index (χ3v) is 5.01. The van der Waals surface area contributed by atoms with Crippen LogP contribution in [0.5, 0.6) is 0 Å². The van der Waals surface area contributed by atoms with E-state index in [0.717, 1.165) is 17.5 Å². The SMILES string of the molecule is CCCCc1ccc(-c2ccc(CN[C@@H](CCNC(=O)OC(C)(C)C)C(=O)O)cc2)cc1. The minimum atomic E-state index is -0.948. The lowest BCUT2D eigenvalue weighted by atomic mass is 10.0. The maximum atomic E-state index is 11.7. The van der Waals surface area contributed by atoms with Crippen molar-refractivity contribution in [1.82, 2.24) is 10.6 Å². The topological polar surface area (TPSA) is 87.7 Å². The number of unbranched alkanes of at least 4 members (excludes halogenated alkanes) is 1. The van der Waals surface area contributed by atoms with Crippen molar-refractivity contribution in [2.45, 2.75) is 71.6 Å². The third kappa shape index (κ3) is 9.10. The fraction of sp³-hybridized carbons (Fsp3) is 0.462. The fourth-order valence-electron chi connectivity index (χ4n) is 3.25. The van der Waals surface area contributed by atoms with Gasteiger partial charge in [-0.2, -0.15) is 0 Å². The maximum Gasteiger partial charge on any atom is 0.407 e. The number of hydrogen-bond acceptors (Lipinski definition) is 4. The molecule has 0 radical (unpaired) electrons. The lowest BCUT2D eigenvalue weighted by Crippen LogP contribution is -2.40. The van der Waals surface area contributed by atoms with E-state index in [-0.39, 0.29) is 13.0 Å². The first-order valence-corrected chi connectivity index (χ1v) is 11.3. The van der Waals surface area contributed by atoms with Crippen LogP contribution in [0, 0.1) is 0 Å². The summed E-state index contributed by atoms with van der Waals surface area (Å²) in [4.78, 5) is 23.3. The number of alkyl carbamates (subject to hydrolysis) is 1. The lowest BCUT2D eigenvalue weighted by Gasteiger charge is -2.20. The summed E-state index contributed by atoms with van der Waals surface area (Å²) in [6.45, 7) is 8.18. The molecule has 1 atom stereocenters. The van der Waals surface area contributed by atoms with E-state index in [1.165, 1.54) is 24.0 Å². The summed E-state index contributed by atoms with van der Waals surface area (Å²) >= 11 is 0. The molecule has 0 saturated carbocycles. The summed E-state index contributed by atoms with van der Waals surface area (Å²) in [6, 6.07) is 16.0. The molecule has 0 spiro atoms. The van der Waals surface area contributed by atoms with E-state index in [1.807, 2.05) is 12.1 Å². The number of amides is 1. The number of aliphatic carboxylic acids is 1. The molecule has 0 aliphatic rings. The standard InChI is InChI=1S/C26H36N2O4/c1-5-6-7-19-8-12-21(13-9-19)22-14-10-20(11-15-22)18-28-23(24(29)30)16-17-27-25(31)32-26(2,3)4/h8-15,23,28H,5-7,16-18H2,1-4H3,(H,27,31)(H,29,30)/t23-/m0/s1. The highest BCUT2D eigenvalue weighted by Gasteiger charge is 2.19. The Morgan fingerprint density at radius 3 is 2.03 bits per heavy atom. The number of carbonyl (C=O) groups excluding carboxylic acids is 1. The Morgan fingerprint density at radius 1 is 0.969 bits per heavy atom. The number of hydrogen-bond donors (Lipinski definition) is 3. The van der Waals surface area contributed by atoms with Gasteiger partial charge in [-0.15, -0.1) is 0 Å². The first-order chi connectivity index (χ1) is 15.2. The van der Waals surface area contributed by atoms with Gasteiger partial charge in [0.2, 0.25) is 0 Å². The van der Waals surface area contributed by atoms with Gasteiger partial charge in [0.1, 0.15) is 11.6 Å². The zero-order valence-corrected chi connectivity index (χ0v) is 19.6. The zero-order valence-electron chi connectivity index (χ0n) is 19.6. The fourth-order valence-corrected chi connectivity index (χ4v) is 3.25. The van der Waals surface area contributed by atoms with Gasteiger partial charge >= 0.3 is 12.1 Å². The molecule has 0 saturated heterocycles. The molecular weight excluding hydrogens is 404 g/mol. The van der Waals surface area contributed by atoms with Gasteiger partial charge in [-0.1, -0.05) is 61.9 Å². The molecule has 0 heterocycles. The molecule has 0 fully saturated rings. The summed E-state index contributed by atoms with van der Waals surface area (Å²) in [5.74, 6) is -0.948. The van der Waals surface area contributed by atoms with E-state index in [9.17, 15) is 14.7 Å². The normalized spacial score (nSPS) is 12.2. The van der Waals surface area contributed by atoms with Crippen LogP contribution in [0.3, 0.4) is 0 Å². The molecule has 0 aromatic heterocycles. The van der Waals surface area contributed by atoms with Crippen LogP contribution in [0.2, 0.25) is 0 Å². The summed E-state index contributed by atoms with van der Waals surface area (Å²) in [7, 11) is 0. The first kappa shape index (κ1) is 25.4. The molecule has 0 aliphatic carbocycles. The van der Waals surface area contributed by atoms with Crippen molar-refractivity contribution >= 4 is 12.1 Å². The number of rotatable bonds is 11. The van der Waals surface area contributed by atoms with Crippen LogP contribution in [0.25, 0.3) is 11.1 Å². The first-order valence-electron chi connectivity index (χ1n) is 11.3. The van der Waals surface area contributed by atoms with Crippen LogP contribution in [0.15, 0.2) is 48.5 Å².